The van der Waals surface area contributed by atoms with Gasteiger partial charge in [-0.2, -0.15) is 10.2 Å². The molecule has 1 aliphatic rings. The molecule has 0 radical (unpaired) electrons. The molecular formula is C12H13N5OS. The minimum Gasteiger partial charge on any atom is -0.333 e. The first-order valence-corrected chi connectivity index (χ1v) is 6.95. The van der Waals surface area contributed by atoms with Crippen molar-refractivity contribution < 1.29 is 4.52 Å². The van der Waals surface area contributed by atoms with E-state index in [-0.39, 0.29) is 6.04 Å². The third-order valence-electron chi connectivity index (χ3n) is 3.05. The average molecular weight is 275 g/mol. The molecule has 3 heterocycles. The number of aromatic nitrogens is 2. The second kappa shape index (κ2) is 5.48. The fourth-order valence-electron chi connectivity index (χ4n) is 2.06. The van der Waals surface area contributed by atoms with Gasteiger partial charge in [0.05, 0.1) is 17.5 Å². The molecule has 1 aliphatic heterocycles. The lowest BCUT2D eigenvalue weighted by Gasteiger charge is -2.30. The van der Waals surface area contributed by atoms with E-state index in [2.05, 4.69) is 26.4 Å². The summed E-state index contributed by atoms with van der Waals surface area (Å²) in [6.45, 7) is 2.94. The third kappa shape index (κ3) is 2.66. The van der Waals surface area contributed by atoms with Gasteiger partial charge in [0, 0.05) is 19.6 Å². The summed E-state index contributed by atoms with van der Waals surface area (Å²) in [5, 5.41) is 18.3. The molecule has 98 valence electrons. The van der Waals surface area contributed by atoms with Gasteiger partial charge in [0.15, 0.2) is 5.82 Å². The van der Waals surface area contributed by atoms with Crippen molar-refractivity contribution in [2.24, 2.45) is 0 Å². The number of hydrogen-bond acceptors (Lipinski definition) is 7. The number of thiophene rings is 1. The maximum absolute atomic E-state index is 9.10. The zero-order chi connectivity index (χ0) is 13.1. The van der Waals surface area contributed by atoms with E-state index in [0.717, 1.165) is 18.0 Å². The summed E-state index contributed by atoms with van der Waals surface area (Å²) in [5.74, 6) is 1.18. The number of hydrogen-bond donors (Lipinski definition) is 1. The number of nitrogens with one attached hydrogen (secondary N) is 1. The second-order valence-corrected chi connectivity index (χ2v) is 5.26. The lowest BCUT2D eigenvalue weighted by molar-refractivity contribution is 0.183. The standard InChI is InChI=1S/C12H13N5OS/c13-6-9-7-14-3-4-17(9)8-11-15-12(18-16-11)10-2-1-5-19-10/h1-2,5,9,14H,3-4,7-8H2. The highest BCUT2D eigenvalue weighted by atomic mass is 32.1. The van der Waals surface area contributed by atoms with Gasteiger partial charge in [-0.1, -0.05) is 11.2 Å². The SMILES string of the molecule is N#CC1CNCCN1Cc1noc(-c2cccs2)n1. The fourth-order valence-corrected chi connectivity index (χ4v) is 2.71. The minimum atomic E-state index is -0.127. The Bertz CT molecular complexity index is 573. The summed E-state index contributed by atoms with van der Waals surface area (Å²) >= 11 is 1.57. The molecule has 0 aromatic carbocycles. The van der Waals surface area contributed by atoms with Gasteiger partial charge in [-0.15, -0.1) is 11.3 Å². The molecule has 1 saturated heterocycles. The lowest BCUT2D eigenvalue weighted by Crippen LogP contribution is -2.50. The van der Waals surface area contributed by atoms with Crippen LogP contribution in [-0.4, -0.2) is 40.7 Å². The molecule has 2 aromatic heterocycles. The van der Waals surface area contributed by atoms with Crippen LogP contribution in [0.1, 0.15) is 5.82 Å². The van der Waals surface area contributed by atoms with Crippen molar-refractivity contribution in [3.63, 3.8) is 0 Å². The van der Waals surface area contributed by atoms with Crippen LogP contribution in [0.3, 0.4) is 0 Å². The van der Waals surface area contributed by atoms with Gasteiger partial charge in [0.1, 0.15) is 6.04 Å². The highest BCUT2D eigenvalue weighted by molar-refractivity contribution is 7.13. The summed E-state index contributed by atoms with van der Waals surface area (Å²) < 4.78 is 5.24. The van der Waals surface area contributed by atoms with Gasteiger partial charge >= 0.3 is 0 Å². The Labute approximate surface area is 114 Å². The first kappa shape index (κ1) is 12.3. The van der Waals surface area contributed by atoms with Crippen LogP contribution in [0.25, 0.3) is 10.8 Å². The number of nitriles is 1. The molecule has 0 amide bonds. The van der Waals surface area contributed by atoms with Gasteiger partial charge in [-0.3, -0.25) is 4.90 Å². The van der Waals surface area contributed by atoms with Gasteiger partial charge < -0.3 is 9.84 Å². The van der Waals surface area contributed by atoms with E-state index in [4.69, 9.17) is 9.78 Å². The summed E-state index contributed by atoms with van der Waals surface area (Å²) in [5.41, 5.74) is 0. The van der Waals surface area contributed by atoms with E-state index in [1.54, 1.807) is 11.3 Å². The fraction of sp³-hybridized carbons (Fsp3) is 0.417. The largest absolute Gasteiger partial charge is 0.333 e. The van der Waals surface area contributed by atoms with Crippen LogP contribution in [0.4, 0.5) is 0 Å². The second-order valence-electron chi connectivity index (χ2n) is 4.31. The molecule has 0 aliphatic carbocycles. The van der Waals surface area contributed by atoms with Crippen molar-refractivity contribution in [1.82, 2.24) is 20.4 Å². The molecule has 0 spiro atoms. The Balaban J connectivity index is 1.72. The van der Waals surface area contributed by atoms with Crippen molar-refractivity contribution >= 4 is 11.3 Å². The summed E-state index contributed by atoms with van der Waals surface area (Å²) in [4.78, 5) is 7.41. The number of piperazine rings is 1. The van der Waals surface area contributed by atoms with Crippen LogP contribution in [0.2, 0.25) is 0 Å². The van der Waals surface area contributed by atoms with Gasteiger partial charge in [0.2, 0.25) is 0 Å². The molecule has 1 N–H and O–H groups in total. The monoisotopic (exact) mass is 275 g/mol. The Morgan fingerprint density at radius 2 is 2.58 bits per heavy atom. The molecule has 7 heteroatoms. The lowest BCUT2D eigenvalue weighted by atomic mass is 10.2. The first-order chi connectivity index (χ1) is 9.36. The number of nitrogens with zero attached hydrogens (tertiary/aromatic N) is 4. The zero-order valence-electron chi connectivity index (χ0n) is 10.2. The summed E-state index contributed by atoms with van der Waals surface area (Å²) in [7, 11) is 0. The molecule has 3 rings (SSSR count). The zero-order valence-corrected chi connectivity index (χ0v) is 11.1. The van der Waals surface area contributed by atoms with Crippen LogP contribution in [0, 0.1) is 11.3 Å². The molecule has 2 aromatic rings. The van der Waals surface area contributed by atoms with Gasteiger partial charge in [-0.25, -0.2) is 0 Å². The molecular weight excluding hydrogens is 262 g/mol. The predicted octanol–water partition coefficient (Wildman–Crippen LogP) is 1.10. The van der Waals surface area contributed by atoms with E-state index < -0.39 is 0 Å². The third-order valence-corrected chi connectivity index (χ3v) is 3.91. The molecule has 0 saturated carbocycles. The molecule has 1 unspecified atom stereocenters. The summed E-state index contributed by atoms with van der Waals surface area (Å²) in [6, 6.07) is 6.06. The van der Waals surface area contributed by atoms with Crippen molar-refractivity contribution in [2.75, 3.05) is 19.6 Å². The van der Waals surface area contributed by atoms with E-state index in [9.17, 15) is 0 Å². The highest BCUT2D eigenvalue weighted by Crippen LogP contribution is 2.22. The molecule has 1 fully saturated rings. The summed E-state index contributed by atoms with van der Waals surface area (Å²) in [6.07, 6.45) is 0. The van der Waals surface area contributed by atoms with E-state index >= 15 is 0 Å². The van der Waals surface area contributed by atoms with Crippen molar-refractivity contribution in [1.29, 1.82) is 5.26 Å². The smallest absolute Gasteiger partial charge is 0.268 e. The Morgan fingerprint density at radius 3 is 3.37 bits per heavy atom. The molecule has 19 heavy (non-hydrogen) atoms. The normalized spacial score (nSPS) is 20.3. The van der Waals surface area contributed by atoms with Crippen LogP contribution in [-0.2, 0) is 6.54 Å². The van der Waals surface area contributed by atoms with Gasteiger partial charge in [-0.05, 0) is 11.4 Å². The van der Waals surface area contributed by atoms with Crippen molar-refractivity contribution in [2.45, 2.75) is 12.6 Å². The molecule has 6 nitrogen and oxygen atoms in total. The Kier molecular flexibility index (Phi) is 3.55. The van der Waals surface area contributed by atoms with E-state index in [0.29, 0.717) is 24.8 Å². The van der Waals surface area contributed by atoms with Crippen LogP contribution in [0.5, 0.6) is 0 Å². The minimum absolute atomic E-state index is 0.127. The quantitative estimate of drug-likeness (QED) is 0.903. The van der Waals surface area contributed by atoms with Crippen molar-refractivity contribution in [3.8, 4) is 16.8 Å². The maximum atomic E-state index is 9.10. The topological polar surface area (TPSA) is 78.0 Å². The predicted molar refractivity (Wildman–Crippen MR) is 70.3 cm³/mol. The first-order valence-electron chi connectivity index (χ1n) is 6.07. The Hall–Kier alpha value is -1.75. The van der Waals surface area contributed by atoms with Gasteiger partial charge in [0.25, 0.3) is 5.89 Å². The van der Waals surface area contributed by atoms with Crippen LogP contribution >= 0.6 is 11.3 Å². The maximum Gasteiger partial charge on any atom is 0.268 e. The van der Waals surface area contributed by atoms with E-state index in [1.807, 2.05) is 17.5 Å². The van der Waals surface area contributed by atoms with E-state index in [1.165, 1.54) is 0 Å². The molecule has 1 atom stereocenters. The van der Waals surface area contributed by atoms with Crippen molar-refractivity contribution in [3.05, 3.63) is 23.3 Å². The van der Waals surface area contributed by atoms with Crippen LogP contribution < -0.4 is 5.32 Å². The van der Waals surface area contributed by atoms with Crippen LogP contribution in [0.15, 0.2) is 22.0 Å². The molecule has 0 bridgehead atoms. The average Bonchev–Trinajstić information content (AvgIpc) is 3.09. The number of rotatable bonds is 3. The highest BCUT2D eigenvalue weighted by Gasteiger charge is 2.23. The Morgan fingerprint density at radius 1 is 1.63 bits per heavy atom.